The largest absolute Gasteiger partial charge is 0.411 e. The Labute approximate surface area is 208 Å². The van der Waals surface area contributed by atoms with E-state index in [1.807, 2.05) is 60.7 Å². The van der Waals surface area contributed by atoms with Crippen LogP contribution < -0.4 is 10.2 Å². The Hall–Kier alpha value is -3.80. The number of benzene rings is 3. The van der Waals surface area contributed by atoms with Crippen molar-refractivity contribution < 1.29 is 9.21 Å². The molecule has 5 rings (SSSR count). The first-order valence-corrected chi connectivity index (χ1v) is 12.4. The van der Waals surface area contributed by atoms with Crippen LogP contribution in [0.3, 0.4) is 0 Å². The van der Waals surface area contributed by atoms with Crippen molar-refractivity contribution in [2.75, 3.05) is 48.7 Å². The van der Waals surface area contributed by atoms with Crippen molar-refractivity contribution in [3.8, 4) is 23.8 Å². The zero-order valence-corrected chi connectivity index (χ0v) is 20.0. The molecule has 0 radical (unpaired) electrons. The fourth-order valence-electron chi connectivity index (χ4n) is 4.15. The molecule has 1 N–H and O–H groups in total. The van der Waals surface area contributed by atoms with Crippen molar-refractivity contribution >= 4 is 39.8 Å². The van der Waals surface area contributed by atoms with Crippen molar-refractivity contribution in [1.82, 2.24) is 15.1 Å². The predicted molar refractivity (Wildman–Crippen MR) is 141 cm³/mol. The second-order valence-corrected chi connectivity index (χ2v) is 9.18. The Balaban J connectivity index is 1.19. The molecule has 0 spiro atoms. The molecule has 4 aromatic rings. The molecule has 8 heteroatoms. The van der Waals surface area contributed by atoms with E-state index in [9.17, 15) is 4.79 Å². The normalized spacial score (nSPS) is 14.1. The van der Waals surface area contributed by atoms with Crippen LogP contribution >= 0.6 is 11.8 Å². The van der Waals surface area contributed by atoms with Crippen molar-refractivity contribution in [3.05, 3.63) is 66.7 Å². The van der Waals surface area contributed by atoms with Gasteiger partial charge in [-0.2, -0.15) is 0 Å². The highest BCUT2D eigenvalue weighted by Crippen LogP contribution is 2.28. The monoisotopic (exact) mass is 483 g/mol. The summed E-state index contributed by atoms with van der Waals surface area (Å²) in [5.74, 6) is 3.19. The van der Waals surface area contributed by atoms with E-state index in [0.29, 0.717) is 17.7 Å². The number of hydrogen-bond donors (Lipinski definition) is 1. The molecule has 0 saturated carbocycles. The van der Waals surface area contributed by atoms with E-state index in [4.69, 9.17) is 10.8 Å². The van der Waals surface area contributed by atoms with Crippen LogP contribution in [0.5, 0.6) is 0 Å². The van der Waals surface area contributed by atoms with Crippen LogP contribution in [-0.4, -0.2) is 59.5 Å². The highest BCUT2D eigenvalue weighted by atomic mass is 32.2. The van der Waals surface area contributed by atoms with Gasteiger partial charge in [-0.3, -0.25) is 9.69 Å². The molecule has 7 nitrogen and oxygen atoms in total. The molecule has 1 aliphatic rings. The van der Waals surface area contributed by atoms with E-state index in [2.05, 4.69) is 37.3 Å². The van der Waals surface area contributed by atoms with Crippen LogP contribution in [0, 0.1) is 12.3 Å². The van der Waals surface area contributed by atoms with Gasteiger partial charge < -0.3 is 14.6 Å². The summed E-state index contributed by atoms with van der Waals surface area (Å²) in [6.07, 6.45) is 5.44. The molecule has 176 valence electrons. The SMILES string of the molecule is C#CCN1CCN(c2ccccc2NC(=O)CSc2nnc(-c3ccc4ccccc4c3)o2)CC1. The van der Waals surface area contributed by atoms with Crippen LogP contribution in [-0.2, 0) is 4.79 Å². The predicted octanol–water partition coefficient (Wildman–Crippen LogP) is 4.38. The van der Waals surface area contributed by atoms with Gasteiger partial charge in [0.1, 0.15) is 0 Å². The topological polar surface area (TPSA) is 74.5 Å². The first-order valence-electron chi connectivity index (χ1n) is 11.4. The number of aromatic nitrogens is 2. The van der Waals surface area contributed by atoms with Gasteiger partial charge in [0.25, 0.3) is 5.22 Å². The van der Waals surface area contributed by atoms with Gasteiger partial charge in [0, 0.05) is 31.7 Å². The summed E-state index contributed by atoms with van der Waals surface area (Å²) in [6.45, 7) is 4.20. The number of amides is 1. The van der Waals surface area contributed by atoms with Crippen LogP contribution in [0.1, 0.15) is 0 Å². The first-order chi connectivity index (χ1) is 17.2. The lowest BCUT2D eigenvalue weighted by Crippen LogP contribution is -2.46. The smallest absolute Gasteiger partial charge is 0.277 e. The van der Waals surface area contributed by atoms with Gasteiger partial charge in [-0.15, -0.1) is 16.6 Å². The summed E-state index contributed by atoms with van der Waals surface area (Å²) in [7, 11) is 0. The number of carbonyl (C=O) groups excluding carboxylic acids is 1. The summed E-state index contributed by atoms with van der Waals surface area (Å²) < 4.78 is 5.80. The lowest BCUT2D eigenvalue weighted by Gasteiger charge is -2.36. The van der Waals surface area contributed by atoms with Crippen molar-refractivity contribution in [1.29, 1.82) is 0 Å². The maximum absolute atomic E-state index is 12.7. The number of terminal acetylenes is 1. The van der Waals surface area contributed by atoms with Gasteiger partial charge in [-0.25, -0.2) is 0 Å². The van der Waals surface area contributed by atoms with E-state index >= 15 is 0 Å². The molecule has 0 atom stereocenters. The molecule has 1 aliphatic heterocycles. The fraction of sp³-hybridized carbons (Fsp3) is 0.222. The molecule has 0 aliphatic carbocycles. The molecule has 1 aromatic heterocycles. The Morgan fingerprint density at radius 2 is 1.77 bits per heavy atom. The summed E-state index contributed by atoms with van der Waals surface area (Å²) >= 11 is 1.22. The van der Waals surface area contributed by atoms with E-state index < -0.39 is 0 Å². The van der Waals surface area contributed by atoms with Crippen LogP contribution in [0.25, 0.3) is 22.2 Å². The van der Waals surface area contributed by atoms with Crippen LogP contribution in [0.15, 0.2) is 76.4 Å². The molecule has 2 heterocycles. The first kappa shape index (κ1) is 23.0. The lowest BCUT2D eigenvalue weighted by atomic mass is 10.1. The van der Waals surface area contributed by atoms with Crippen molar-refractivity contribution in [3.63, 3.8) is 0 Å². The number of anilines is 2. The zero-order valence-electron chi connectivity index (χ0n) is 19.2. The third-order valence-electron chi connectivity index (χ3n) is 5.94. The van der Waals surface area contributed by atoms with E-state index in [-0.39, 0.29) is 11.7 Å². The maximum atomic E-state index is 12.7. The van der Waals surface area contributed by atoms with Gasteiger partial charge >= 0.3 is 0 Å². The van der Waals surface area contributed by atoms with E-state index in [1.165, 1.54) is 11.8 Å². The quantitative estimate of drug-likeness (QED) is 0.309. The van der Waals surface area contributed by atoms with Gasteiger partial charge in [-0.1, -0.05) is 60.1 Å². The Morgan fingerprint density at radius 1 is 1.00 bits per heavy atom. The summed E-state index contributed by atoms with van der Waals surface area (Å²) in [5, 5.41) is 13.9. The summed E-state index contributed by atoms with van der Waals surface area (Å²) in [6, 6.07) is 22.0. The van der Waals surface area contributed by atoms with Gasteiger partial charge in [0.2, 0.25) is 11.8 Å². The highest BCUT2D eigenvalue weighted by Gasteiger charge is 2.19. The molecular formula is C27H25N5O2S. The lowest BCUT2D eigenvalue weighted by molar-refractivity contribution is -0.113. The third-order valence-corrected chi connectivity index (χ3v) is 6.75. The highest BCUT2D eigenvalue weighted by molar-refractivity contribution is 7.99. The number of nitrogens with one attached hydrogen (secondary N) is 1. The molecule has 1 saturated heterocycles. The fourth-order valence-corrected chi connectivity index (χ4v) is 4.71. The average molecular weight is 484 g/mol. The molecule has 3 aromatic carbocycles. The number of rotatable bonds is 7. The molecule has 0 unspecified atom stereocenters. The average Bonchev–Trinajstić information content (AvgIpc) is 3.37. The molecule has 35 heavy (non-hydrogen) atoms. The number of hydrogen-bond acceptors (Lipinski definition) is 7. The molecule has 1 amide bonds. The summed E-state index contributed by atoms with van der Waals surface area (Å²) in [5.41, 5.74) is 2.66. The number of thioether (sulfide) groups is 1. The van der Waals surface area contributed by atoms with Crippen molar-refractivity contribution in [2.45, 2.75) is 5.22 Å². The standard InChI is InChI=1S/C27H25N5O2S/c1-2-13-31-14-16-32(17-15-31)24-10-6-5-9-23(24)28-25(33)19-35-27-30-29-26(34-27)22-12-11-20-7-3-4-8-21(20)18-22/h1,3-12,18H,13-17,19H2,(H,28,33). The maximum Gasteiger partial charge on any atom is 0.277 e. The number of fused-ring (bicyclic) bond motifs is 1. The minimum Gasteiger partial charge on any atom is -0.411 e. The Kier molecular flexibility index (Phi) is 6.98. The van der Waals surface area contributed by atoms with Crippen LogP contribution in [0.4, 0.5) is 11.4 Å². The minimum atomic E-state index is -0.126. The molecule has 0 bridgehead atoms. The van der Waals surface area contributed by atoms with Gasteiger partial charge in [0.05, 0.1) is 23.7 Å². The Bertz CT molecular complexity index is 1370. The minimum absolute atomic E-state index is 0.126. The number of carbonyl (C=O) groups is 1. The number of piperazine rings is 1. The number of para-hydroxylation sites is 2. The Morgan fingerprint density at radius 3 is 2.60 bits per heavy atom. The van der Waals surface area contributed by atoms with E-state index in [0.717, 1.165) is 53.9 Å². The van der Waals surface area contributed by atoms with Crippen molar-refractivity contribution in [2.24, 2.45) is 0 Å². The zero-order chi connectivity index (χ0) is 24.0. The van der Waals surface area contributed by atoms with Crippen LogP contribution in [0.2, 0.25) is 0 Å². The summed E-state index contributed by atoms with van der Waals surface area (Å²) in [4.78, 5) is 17.2. The van der Waals surface area contributed by atoms with E-state index in [1.54, 1.807) is 0 Å². The second kappa shape index (κ2) is 10.6. The molecule has 1 fully saturated rings. The van der Waals surface area contributed by atoms with Gasteiger partial charge in [-0.05, 0) is 35.0 Å². The molecular weight excluding hydrogens is 458 g/mol. The number of nitrogens with zero attached hydrogens (tertiary/aromatic N) is 4. The van der Waals surface area contributed by atoms with Gasteiger partial charge in [0.15, 0.2) is 0 Å². The third kappa shape index (κ3) is 5.48. The second-order valence-electron chi connectivity index (χ2n) is 8.26.